The first kappa shape index (κ1) is 24.9. The molecule has 2 heterocycles. The summed E-state index contributed by atoms with van der Waals surface area (Å²) in [5.41, 5.74) is 2.34. The number of anilines is 1. The van der Waals surface area contributed by atoms with Crippen molar-refractivity contribution in [2.75, 3.05) is 39.0 Å². The Hall–Kier alpha value is -3.20. The van der Waals surface area contributed by atoms with Crippen LogP contribution in [-0.2, 0) is 9.53 Å². The van der Waals surface area contributed by atoms with Gasteiger partial charge in [-0.05, 0) is 57.9 Å². The average Bonchev–Trinajstić information content (AvgIpc) is 3.29. The molecule has 2 aliphatic heterocycles. The van der Waals surface area contributed by atoms with Gasteiger partial charge < -0.3 is 15.4 Å². The van der Waals surface area contributed by atoms with E-state index in [0.717, 1.165) is 38.3 Å². The highest BCUT2D eigenvalue weighted by molar-refractivity contribution is 7.21. The van der Waals surface area contributed by atoms with E-state index in [2.05, 4.69) is 39.5 Å². The number of carbonyl (C=O) groups excluding carboxylic acids is 2. The number of carbonyl (C=O) groups is 2. The van der Waals surface area contributed by atoms with Gasteiger partial charge in [-0.2, -0.15) is 0 Å². The van der Waals surface area contributed by atoms with Crippen LogP contribution in [0, 0.1) is 0 Å². The molecule has 9 heteroatoms. The number of aromatic nitrogens is 1. The molecular formula is C26H34N5O3S+. The van der Waals surface area contributed by atoms with Crippen molar-refractivity contribution in [1.82, 2.24) is 19.8 Å². The highest BCUT2D eigenvalue weighted by Crippen LogP contribution is 2.31. The summed E-state index contributed by atoms with van der Waals surface area (Å²) in [4.78, 5) is 32.6. The van der Waals surface area contributed by atoms with Crippen molar-refractivity contribution >= 4 is 39.2 Å². The lowest BCUT2D eigenvalue weighted by Gasteiger charge is -2.28. The topological polar surface area (TPSA) is 86.6 Å². The lowest BCUT2D eigenvalue weighted by atomic mass is 10.2. The summed E-state index contributed by atoms with van der Waals surface area (Å²) in [5.74, 6) is -0.136. The predicted octanol–water partition coefficient (Wildman–Crippen LogP) is 3.36. The number of nitrogens with zero attached hydrogens (tertiary/aromatic N) is 3. The van der Waals surface area contributed by atoms with Gasteiger partial charge in [-0.25, -0.2) is 14.4 Å². The fourth-order valence-corrected chi connectivity index (χ4v) is 5.13. The molecule has 4 rings (SSSR count). The van der Waals surface area contributed by atoms with E-state index < -0.39 is 17.7 Å². The molecule has 0 saturated carbocycles. The van der Waals surface area contributed by atoms with Crippen LogP contribution < -0.4 is 20.6 Å². The molecule has 1 aromatic carbocycles. The molecule has 0 aromatic heterocycles. The number of ether oxygens (including phenoxy) is 1. The summed E-state index contributed by atoms with van der Waals surface area (Å²) in [7, 11) is 4.06. The summed E-state index contributed by atoms with van der Waals surface area (Å²) < 4.78 is 8.64. The summed E-state index contributed by atoms with van der Waals surface area (Å²) in [6.07, 6.45) is 1.03. The zero-order valence-electron chi connectivity index (χ0n) is 21.1. The number of fused-ring (bicyclic) bond motifs is 2. The monoisotopic (exact) mass is 496 g/mol. The van der Waals surface area contributed by atoms with Crippen LogP contribution in [0.5, 0.6) is 0 Å². The van der Waals surface area contributed by atoms with Crippen LogP contribution in [0.1, 0.15) is 33.6 Å². The Morgan fingerprint density at radius 2 is 1.97 bits per heavy atom. The molecule has 2 N–H and O–H groups in total. The first-order chi connectivity index (χ1) is 16.6. The number of rotatable bonds is 5. The second-order valence-corrected chi connectivity index (χ2v) is 11.1. The van der Waals surface area contributed by atoms with E-state index in [0.29, 0.717) is 26.1 Å². The second kappa shape index (κ2) is 10.2. The summed E-state index contributed by atoms with van der Waals surface area (Å²) in [6.45, 7) is 7.06. The van der Waals surface area contributed by atoms with Crippen molar-refractivity contribution in [2.24, 2.45) is 0 Å². The Kier molecular flexibility index (Phi) is 7.25. The van der Waals surface area contributed by atoms with Crippen molar-refractivity contribution in [1.29, 1.82) is 0 Å². The minimum Gasteiger partial charge on any atom is -0.444 e. The number of nitrogens with one attached hydrogen (secondary N) is 2. The molecule has 186 valence electrons. The molecular weight excluding hydrogens is 462 g/mol. The van der Waals surface area contributed by atoms with Gasteiger partial charge in [-0.15, -0.1) is 11.3 Å². The minimum absolute atomic E-state index is 0.136. The highest BCUT2D eigenvalue weighted by Gasteiger charge is 2.36. The Bertz CT molecular complexity index is 1280. The van der Waals surface area contributed by atoms with Gasteiger partial charge in [0.2, 0.25) is 11.3 Å². The summed E-state index contributed by atoms with van der Waals surface area (Å²) in [6, 6.07) is 11.9. The van der Waals surface area contributed by atoms with Crippen LogP contribution in [0.2, 0.25) is 0 Å². The first-order valence-corrected chi connectivity index (χ1v) is 12.8. The first-order valence-electron chi connectivity index (χ1n) is 12.0. The van der Waals surface area contributed by atoms with Crippen molar-refractivity contribution in [3.8, 4) is 10.6 Å². The van der Waals surface area contributed by atoms with Crippen molar-refractivity contribution < 1.29 is 14.3 Å². The van der Waals surface area contributed by atoms with Gasteiger partial charge in [-0.3, -0.25) is 9.69 Å². The molecule has 1 atom stereocenters. The van der Waals surface area contributed by atoms with Gasteiger partial charge in [0.1, 0.15) is 25.7 Å². The van der Waals surface area contributed by atoms with E-state index in [1.807, 2.05) is 47.0 Å². The van der Waals surface area contributed by atoms with Crippen molar-refractivity contribution in [2.45, 2.75) is 45.3 Å². The van der Waals surface area contributed by atoms with Crippen LogP contribution in [0.15, 0.2) is 36.4 Å². The molecule has 0 radical (unpaired) electrons. The quantitative estimate of drug-likeness (QED) is 0.321. The lowest BCUT2D eigenvalue weighted by Crippen LogP contribution is -2.48. The molecule has 0 unspecified atom stereocenters. The van der Waals surface area contributed by atoms with Gasteiger partial charge in [0.25, 0.3) is 0 Å². The Morgan fingerprint density at radius 3 is 2.71 bits per heavy atom. The normalized spacial score (nSPS) is 15.9. The number of amides is 2. The Balaban J connectivity index is 1.35. The third-order valence-corrected chi connectivity index (χ3v) is 6.91. The molecule has 1 aromatic rings. The molecule has 0 bridgehead atoms. The third kappa shape index (κ3) is 6.08. The number of benzene rings is 2. The number of hydrogen-bond acceptors (Lipinski definition) is 6. The molecule has 3 aliphatic rings. The Morgan fingerprint density at radius 1 is 1.17 bits per heavy atom. The molecule has 2 amide bonds. The third-order valence-electron chi connectivity index (χ3n) is 5.82. The maximum atomic E-state index is 12.7. The van der Waals surface area contributed by atoms with Crippen molar-refractivity contribution in [3.63, 3.8) is 0 Å². The standard InChI is InChI=1S/C26H33N5O3S/c1-26(2,3)34-25(33)31-14-6-7-21(31)24(32)28-13-12-27-17-8-10-19-22(15-17)35-23-16-18(30(4)5)9-11-20(23)29-19/h8-11,15-16,21H,6-7,12-14H2,1-5H3,(H,28,32)/p+1/t21-/m0/s1. The zero-order chi connectivity index (χ0) is 25.2. The SMILES string of the molecule is C[N+](C)=c1ccc2nc3ccc(NCCNC(=O)[C@@H]4CCCN4C(=O)OC(C)(C)C)cc3sc-2c1. The van der Waals surface area contributed by atoms with Crippen LogP contribution in [-0.4, -0.2) is 67.3 Å². The predicted molar refractivity (Wildman–Crippen MR) is 141 cm³/mol. The Labute approximate surface area is 210 Å². The van der Waals surface area contributed by atoms with Crippen LogP contribution >= 0.6 is 11.3 Å². The maximum Gasteiger partial charge on any atom is 0.410 e. The molecule has 1 fully saturated rings. The fourth-order valence-electron chi connectivity index (χ4n) is 4.09. The van der Waals surface area contributed by atoms with E-state index in [4.69, 9.17) is 9.72 Å². The lowest BCUT2D eigenvalue weighted by molar-refractivity contribution is -0.125. The van der Waals surface area contributed by atoms with E-state index >= 15 is 0 Å². The van der Waals surface area contributed by atoms with Crippen LogP contribution in [0.4, 0.5) is 10.5 Å². The molecule has 0 spiro atoms. The minimum atomic E-state index is -0.582. The zero-order valence-corrected chi connectivity index (χ0v) is 21.9. The van der Waals surface area contributed by atoms with Gasteiger partial charge in [0.05, 0.1) is 20.8 Å². The highest BCUT2D eigenvalue weighted by atomic mass is 32.1. The van der Waals surface area contributed by atoms with Gasteiger partial charge >= 0.3 is 6.09 Å². The number of likely N-dealkylation sites (tertiary alicyclic amines) is 1. The molecule has 1 saturated heterocycles. The van der Waals surface area contributed by atoms with E-state index in [9.17, 15) is 9.59 Å². The fraction of sp³-hybridized carbons (Fsp3) is 0.462. The maximum absolute atomic E-state index is 12.7. The summed E-state index contributed by atoms with van der Waals surface area (Å²) in [5, 5.41) is 7.48. The van der Waals surface area contributed by atoms with Crippen molar-refractivity contribution in [3.05, 3.63) is 41.8 Å². The molecule has 8 nitrogen and oxygen atoms in total. The number of hydrogen-bond donors (Lipinski definition) is 2. The second-order valence-electron chi connectivity index (χ2n) is 9.99. The van der Waals surface area contributed by atoms with E-state index in [1.54, 1.807) is 11.3 Å². The molecule has 1 aliphatic carbocycles. The smallest absolute Gasteiger partial charge is 0.410 e. The van der Waals surface area contributed by atoms with Gasteiger partial charge in [-0.1, -0.05) is 0 Å². The summed E-state index contributed by atoms with van der Waals surface area (Å²) >= 11 is 1.72. The van der Waals surface area contributed by atoms with Gasteiger partial charge in [0, 0.05) is 37.5 Å². The molecule has 35 heavy (non-hydrogen) atoms. The van der Waals surface area contributed by atoms with Crippen LogP contribution in [0.25, 0.3) is 20.8 Å². The van der Waals surface area contributed by atoms with Gasteiger partial charge in [0.15, 0.2) is 0 Å². The van der Waals surface area contributed by atoms with E-state index in [-0.39, 0.29) is 5.91 Å². The largest absolute Gasteiger partial charge is 0.444 e. The van der Waals surface area contributed by atoms with E-state index in [1.165, 1.54) is 4.90 Å². The average molecular weight is 497 g/mol. The van der Waals surface area contributed by atoms with Crippen LogP contribution in [0.3, 0.4) is 0 Å².